The molecule has 0 aliphatic carbocycles. The van der Waals surface area contributed by atoms with Crippen molar-refractivity contribution in [3.05, 3.63) is 45.7 Å². The third-order valence-electron chi connectivity index (χ3n) is 2.83. The molecule has 0 unspecified atom stereocenters. The van der Waals surface area contributed by atoms with Gasteiger partial charge in [0.05, 0.1) is 5.69 Å². The summed E-state index contributed by atoms with van der Waals surface area (Å²) >= 11 is 1.55. The Morgan fingerprint density at radius 1 is 1.32 bits per heavy atom. The van der Waals surface area contributed by atoms with Gasteiger partial charge in [-0.25, -0.2) is 9.37 Å². The molecule has 19 heavy (non-hydrogen) atoms. The summed E-state index contributed by atoms with van der Waals surface area (Å²) in [6, 6.07) is 5.15. The van der Waals surface area contributed by atoms with Gasteiger partial charge in [-0.3, -0.25) is 0 Å². The normalized spacial score (nSPS) is 11.6. The fraction of sp³-hybridized carbons (Fsp3) is 0.400. The Morgan fingerprint density at radius 3 is 2.68 bits per heavy atom. The molecule has 0 N–H and O–H groups in total. The van der Waals surface area contributed by atoms with Crippen molar-refractivity contribution in [1.29, 1.82) is 0 Å². The molecule has 0 saturated carbocycles. The first-order valence-electron chi connectivity index (χ1n) is 6.21. The minimum atomic E-state index is -0.296. The van der Waals surface area contributed by atoms with Gasteiger partial charge in [-0.1, -0.05) is 32.9 Å². The number of hydrogen-bond donors (Lipinski definition) is 0. The number of rotatable bonds is 3. The topological polar surface area (TPSA) is 22.1 Å². The molecule has 4 heteroatoms. The molecular weight excluding hydrogens is 261 g/mol. The molecule has 102 valence electrons. The maximum atomic E-state index is 13.8. The van der Waals surface area contributed by atoms with Gasteiger partial charge in [-0.05, 0) is 18.6 Å². The molecule has 0 bridgehead atoms. The molecule has 0 spiro atoms. The van der Waals surface area contributed by atoms with E-state index < -0.39 is 0 Å². The lowest BCUT2D eigenvalue weighted by atomic mass is 9.93. The first-order valence-corrected chi connectivity index (χ1v) is 7.08. The van der Waals surface area contributed by atoms with Crippen LogP contribution in [0, 0.1) is 12.7 Å². The van der Waals surface area contributed by atoms with E-state index in [1.807, 2.05) is 5.38 Å². The average Bonchev–Trinajstić information content (AvgIpc) is 2.79. The Bertz CT molecular complexity index is 572. The van der Waals surface area contributed by atoms with Crippen LogP contribution < -0.4 is 4.74 Å². The lowest BCUT2D eigenvalue weighted by molar-refractivity contribution is 0.288. The Kier molecular flexibility index (Phi) is 3.90. The zero-order chi connectivity index (χ0) is 14.0. The van der Waals surface area contributed by atoms with E-state index in [-0.39, 0.29) is 17.0 Å². The van der Waals surface area contributed by atoms with Crippen molar-refractivity contribution in [3.63, 3.8) is 0 Å². The van der Waals surface area contributed by atoms with Crippen LogP contribution in [0.5, 0.6) is 5.75 Å². The maximum Gasteiger partial charge on any atom is 0.167 e. The molecule has 2 nitrogen and oxygen atoms in total. The third kappa shape index (κ3) is 3.32. The molecule has 0 radical (unpaired) electrons. The second-order valence-corrected chi connectivity index (χ2v) is 6.49. The Morgan fingerprint density at radius 2 is 2.05 bits per heavy atom. The zero-order valence-electron chi connectivity index (χ0n) is 11.7. The summed E-state index contributed by atoms with van der Waals surface area (Å²) in [7, 11) is 0. The van der Waals surface area contributed by atoms with Gasteiger partial charge in [-0.15, -0.1) is 11.3 Å². The molecular formula is C15H18FNOS. The van der Waals surface area contributed by atoms with E-state index in [0.29, 0.717) is 12.2 Å². The highest BCUT2D eigenvalue weighted by atomic mass is 32.1. The van der Waals surface area contributed by atoms with Crippen LogP contribution >= 0.6 is 11.3 Å². The Balaban J connectivity index is 2.07. The predicted octanol–water partition coefficient (Wildman–Crippen LogP) is 4.47. The second-order valence-electron chi connectivity index (χ2n) is 5.55. The van der Waals surface area contributed by atoms with E-state index in [2.05, 4.69) is 25.8 Å². The molecule has 0 aliphatic heterocycles. The smallest absolute Gasteiger partial charge is 0.167 e. The molecule has 0 atom stereocenters. The highest BCUT2D eigenvalue weighted by Crippen LogP contribution is 2.25. The number of hydrogen-bond acceptors (Lipinski definition) is 3. The standard InChI is InChI=1S/C15H18FNOS/c1-10-6-5-7-11(14(10)16)18-8-13-17-12(9-19-13)15(2,3)4/h5-7,9H,8H2,1-4H3. The molecule has 0 amide bonds. The Labute approximate surface area is 117 Å². The van der Waals surface area contributed by atoms with Crippen molar-refractivity contribution < 1.29 is 9.13 Å². The van der Waals surface area contributed by atoms with Crippen molar-refractivity contribution in [1.82, 2.24) is 4.98 Å². The second kappa shape index (κ2) is 5.29. The molecule has 1 heterocycles. The van der Waals surface area contributed by atoms with Gasteiger partial charge in [0.2, 0.25) is 0 Å². The van der Waals surface area contributed by atoms with Gasteiger partial charge in [0, 0.05) is 10.8 Å². The maximum absolute atomic E-state index is 13.8. The molecule has 0 saturated heterocycles. The molecule has 1 aromatic heterocycles. The van der Waals surface area contributed by atoms with E-state index in [1.165, 1.54) is 0 Å². The van der Waals surface area contributed by atoms with Gasteiger partial charge < -0.3 is 4.74 Å². The number of aryl methyl sites for hydroxylation is 1. The van der Waals surface area contributed by atoms with Crippen LogP contribution in [0.3, 0.4) is 0 Å². The zero-order valence-corrected chi connectivity index (χ0v) is 12.5. The summed E-state index contributed by atoms with van der Waals surface area (Å²) in [4.78, 5) is 4.52. The van der Waals surface area contributed by atoms with E-state index >= 15 is 0 Å². The summed E-state index contributed by atoms with van der Waals surface area (Å²) in [5.41, 5.74) is 1.66. The highest BCUT2D eigenvalue weighted by molar-refractivity contribution is 7.09. The van der Waals surface area contributed by atoms with E-state index in [4.69, 9.17) is 4.74 Å². The minimum absolute atomic E-state index is 0.0311. The lowest BCUT2D eigenvalue weighted by Gasteiger charge is -2.14. The number of thiazole rings is 1. The van der Waals surface area contributed by atoms with Crippen LogP contribution in [0.1, 0.15) is 37.0 Å². The van der Waals surface area contributed by atoms with Gasteiger partial charge in [0.25, 0.3) is 0 Å². The minimum Gasteiger partial charge on any atom is -0.483 e. The van der Waals surface area contributed by atoms with Gasteiger partial charge in [0.15, 0.2) is 11.6 Å². The first-order chi connectivity index (χ1) is 8.88. The van der Waals surface area contributed by atoms with E-state index in [1.54, 1.807) is 36.5 Å². The quantitative estimate of drug-likeness (QED) is 0.827. The van der Waals surface area contributed by atoms with Gasteiger partial charge >= 0.3 is 0 Å². The monoisotopic (exact) mass is 279 g/mol. The number of aromatic nitrogens is 1. The number of benzene rings is 1. The van der Waals surface area contributed by atoms with Gasteiger partial charge in [0.1, 0.15) is 11.6 Å². The van der Waals surface area contributed by atoms with E-state index in [9.17, 15) is 4.39 Å². The van der Waals surface area contributed by atoms with Crippen LogP contribution in [0.2, 0.25) is 0 Å². The predicted molar refractivity (Wildman–Crippen MR) is 76.3 cm³/mol. The fourth-order valence-electron chi connectivity index (χ4n) is 1.59. The first kappa shape index (κ1) is 14.0. The average molecular weight is 279 g/mol. The molecule has 2 aromatic rings. The summed E-state index contributed by atoms with van der Waals surface area (Å²) in [5.74, 6) is -0.0115. The summed E-state index contributed by atoms with van der Waals surface area (Å²) in [6.45, 7) is 8.39. The summed E-state index contributed by atoms with van der Waals surface area (Å²) in [5, 5.41) is 2.90. The van der Waals surface area contributed by atoms with Crippen molar-refractivity contribution in [2.24, 2.45) is 0 Å². The van der Waals surface area contributed by atoms with Crippen LogP contribution in [-0.2, 0) is 12.0 Å². The largest absolute Gasteiger partial charge is 0.483 e. The SMILES string of the molecule is Cc1cccc(OCc2nc(C(C)(C)C)cs2)c1F. The third-order valence-corrected chi connectivity index (χ3v) is 3.65. The lowest BCUT2D eigenvalue weighted by Crippen LogP contribution is -2.11. The summed E-state index contributed by atoms with van der Waals surface area (Å²) < 4.78 is 19.3. The van der Waals surface area contributed by atoms with Crippen LogP contribution in [0.25, 0.3) is 0 Å². The Hall–Kier alpha value is -1.42. The number of ether oxygens (including phenoxy) is 1. The molecule has 2 rings (SSSR count). The van der Waals surface area contributed by atoms with Crippen LogP contribution in [0.4, 0.5) is 4.39 Å². The number of nitrogens with zero attached hydrogens (tertiary/aromatic N) is 1. The van der Waals surface area contributed by atoms with E-state index in [0.717, 1.165) is 10.7 Å². The van der Waals surface area contributed by atoms with Gasteiger partial charge in [-0.2, -0.15) is 0 Å². The van der Waals surface area contributed by atoms with Crippen molar-refractivity contribution in [2.45, 2.75) is 39.7 Å². The summed E-state index contributed by atoms with van der Waals surface area (Å²) in [6.07, 6.45) is 0. The van der Waals surface area contributed by atoms with Crippen LogP contribution in [-0.4, -0.2) is 4.98 Å². The molecule has 0 aliphatic rings. The van der Waals surface area contributed by atoms with Crippen molar-refractivity contribution in [3.8, 4) is 5.75 Å². The van der Waals surface area contributed by atoms with Crippen molar-refractivity contribution >= 4 is 11.3 Å². The fourth-order valence-corrected chi connectivity index (χ4v) is 2.53. The van der Waals surface area contributed by atoms with Crippen LogP contribution in [0.15, 0.2) is 23.6 Å². The number of halogens is 1. The molecule has 1 aromatic carbocycles. The van der Waals surface area contributed by atoms with Crippen molar-refractivity contribution in [2.75, 3.05) is 0 Å². The highest BCUT2D eigenvalue weighted by Gasteiger charge is 2.17. The molecule has 0 fully saturated rings.